The molecule has 1 atom stereocenters. The van der Waals surface area contributed by atoms with Gasteiger partial charge in [-0.2, -0.15) is 5.26 Å². The number of nitrogens with zero attached hydrogens (tertiary/aromatic N) is 4. The molecule has 176 valence electrons. The minimum absolute atomic E-state index is 0.149. The molecule has 10 heteroatoms. The summed E-state index contributed by atoms with van der Waals surface area (Å²) in [5.41, 5.74) is 2.29. The molecule has 1 aliphatic rings. The van der Waals surface area contributed by atoms with Crippen LogP contribution in [0.1, 0.15) is 64.9 Å². The van der Waals surface area contributed by atoms with Gasteiger partial charge < -0.3 is 15.2 Å². The first-order chi connectivity index (χ1) is 16.5. The average Bonchev–Trinajstić information content (AvgIpc) is 3.43. The Morgan fingerprint density at radius 1 is 1.24 bits per heavy atom. The number of carbonyl (C=O) groups excluding carboxylic acids is 2. The Kier molecular flexibility index (Phi) is 7.65. The van der Waals surface area contributed by atoms with Crippen LogP contribution in [0.15, 0.2) is 35.5 Å². The molecule has 1 aromatic carbocycles. The summed E-state index contributed by atoms with van der Waals surface area (Å²) < 4.78 is 1.90. The van der Waals surface area contributed by atoms with E-state index in [4.69, 9.17) is 0 Å². The number of nitrogens with one attached hydrogen (secondary N) is 2. The second kappa shape index (κ2) is 10.8. The van der Waals surface area contributed by atoms with Crippen molar-refractivity contribution in [1.29, 1.82) is 5.26 Å². The van der Waals surface area contributed by atoms with E-state index >= 15 is 0 Å². The van der Waals surface area contributed by atoms with Gasteiger partial charge in [-0.1, -0.05) is 30.0 Å². The predicted octanol–water partition coefficient (Wildman–Crippen LogP) is 4.33. The third kappa shape index (κ3) is 5.16. The van der Waals surface area contributed by atoms with Gasteiger partial charge in [0.2, 0.25) is 5.91 Å². The smallest absolute Gasteiger partial charge is 0.251 e. The van der Waals surface area contributed by atoms with E-state index in [0.717, 1.165) is 31.2 Å². The predicted molar refractivity (Wildman–Crippen MR) is 133 cm³/mol. The number of benzene rings is 1. The van der Waals surface area contributed by atoms with E-state index in [1.54, 1.807) is 12.1 Å². The van der Waals surface area contributed by atoms with Crippen LogP contribution in [-0.2, 0) is 24.2 Å². The molecule has 0 unspecified atom stereocenters. The lowest BCUT2D eigenvalue weighted by Crippen LogP contribution is -2.28. The number of nitriles is 1. The summed E-state index contributed by atoms with van der Waals surface area (Å²) in [6, 6.07) is 10.9. The maximum atomic E-state index is 12.7. The van der Waals surface area contributed by atoms with Gasteiger partial charge in [0.1, 0.15) is 11.1 Å². The molecule has 2 N–H and O–H groups in total. The number of anilines is 1. The van der Waals surface area contributed by atoms with Gasteiger partial charge in [0.15, 0.2) is 11.0 Å². The maximum absolute atomic E-state index is 12.7. The van der Waals surface area contributed by atoms with Gasteiger partial charge in [-0.05, 0) is 57.2 Å². The van der Waals surface area contributed by atoms with Gasteiger partial charge in [-0.3, -0.25) is 9.59 Å². The number of thioether (sulfide) groups is 1. The highest BCUT2D eigenvalue weighted by Crippen LogP contribution is 2.37. The quantitative estimate of drug-likeness (QED) is 0.451. The van der Waals surface area contributed by atoms with Crippen LogP contribution in [0.4, 0.5) is 5.00 Å². The Morgan fingerprint density at radius 2 is 2.00 bits per heavy atom. The fourth-order valence-corrected chi connectivity index (χ4v) is 6.09. The lowest BCUT2D eigenvalue weighted by molar-refractivity contribution is -0.113. The summed E-state index contributed by atoms with van der Waals surface area (Å²) in [5.74, 6) is 0.417. The molecule has 0 radical (unpaired) electrons. The van der Waals surface area contributed by atoms with Crippen molar-refractivity contribution in [3.05, 3.63) is 57.7 Å². The number of carbonyl (C=O) groups is 2. The molecule has 2 heterocycles. The third-order valence-corrected chi connectivity index (χ3v) is 7.87. The van der Waals surface area contributed by atoms with Gasteiger partial charge in [0.25, 0.3) is 5.91 Å². The van der Waals surface area contributed by atoms with Crippen molar-refractivity contribution in [2.24, 2.45) is 0 Å². The number of hydrogen-bond donors (Lipinski definition) is 2. The lowest BCUT2D eigenvalue weighted by atomic mass is 9.96. The highest BCUT2D eigenvalue weighted by Gasteiger charge is 2.23. The van der Waals surface area contributed by atoms with E-state index in [9.17, 15) is 14.9 Å². The van der Waals surface area contributed by atoms with Crippen molar-refractivity contribution in [3.8, 4) is 6.07 Å². The zero-order valence-corrected chi connectivity index (χ0v) is 20.8. The fourth-order valence-electron chi connectivity index (χ4n) is 4.02. The Balaban J connectivity index is 1.39. The standard InChI is InChI=1S/C24H26N6O2S2/c1-3-30-21(15(2)26-22(32)16-9-5-4-6-10-16)28-29-24(30)33-14-20(31)27-23-18(13-25)17-11-7-8-12-19(17)34-23/h4-6,9-10,15H,3,7-8,11-12,14H2,1-2H3,(H,26,32)(H,27,31)/t15-/m1/s1. The number of aryl methyl sites for hydroxylation is 1. The van der Waals surface area contributed by atoms with Gasteiger partial charge >= 0.3 is 0 Å². The maximum Gasteiger partial charge on any atom is 0.251 e. The van der Waals surface area contributed by atoms with E-state index < -0.39 is 0 Å². The largest absolute Gasteiger partial charge is 0.342 e. The van der Waals surface area contributed by atoms with Gasteiger partial charge in [0.05, 0.1) is 17.4 Å². The molecule has 8 nitrogen and oxygen atoms in total. The van der Waals surface area contributed by atoms with E-state index in [-0.39, 0.29) is 23.6 Å². The number of hydrogen-bond acceptors (Lipinski definition) is 7. The van der Waals surface area contributed by atoms with Crippen LogP contribution in [-0.4, -0.2) is 32.3 Å². The highest BCUT2D eigenvalue weighted by molar-refractivity contribution is 7.99. The molecule has 2 amide bonds. The minimum Gasteiger partial charge on any atom is -0.342 e. The van der Waals surface area contributed by atoms with Gasteiger partial charge in [0, 0.05) is 17.0 Å². The fraction of sp³-hybridized carbons (Fsp3) is 0.375. The second-order valence-electron chi connectivity index (χ2n) is 8.01. The molecule has 0 bridgehead atoms. The molecular weight excluding hydrogens is 468 g/mol. The van der Waals surface area contributed by atoms with Gasteiger partial charge in [-0.15, -0.1) is 21.5 Å². The first kappa shape index (κ1) is 24.0. The first-order valence-corrected chi connectivity index (χ1v) is 13.1. The summed E-state index contributed by atoms with van der Waals surface area (Å²) in [6.45, 7) is 4.44. The number of fused-ring (bicyclic) bond motifs is 1. The molecule has 34 heavy (non-hydrogen) atoms. The summed E-state index contributed by atoms with van der Waals surface area (Å²) in [6.07, 6.45) is 4.09. The zero-order valence-electron chi connectivity index (χ0n) is 19.1. The van der Waals surface area contributed by atoms with Crippen molar-refractivity contribution < 1.29 is 9.59 Å². The van der Waals surface area contributed by atoms with Crippen LogP contribution in [0.5, 0.6) is 0 Å². The Hall–Kier alpha value is -3.16. The van der Waals surface area contributed by atoms with Crippen molar-refractivity contribution in [2.45, 2.75) is 57.3 Å². The molecule has 0 fully saturated rings. The van der Waals surface area contributed by atoms with E-state index in [1.165, 1.54) is 28.0 Å². The number of amides is 2. The Bertz CT molecular complexity index is 1230. The monoisotopic (exact) mass is 494 g/mol. The summed E-state index contributed by atoms with van der Waals surface area (Å²) in [4.78, 5) is 26.4. The molecule has 0 aliphatic heterocycles. The Morgan fingerprint density at radius 3 is 2.74 bits per heavy atom. The van der Waals surface area contributed by atoms with Crippen molar-refractivity contribution in [2.75, 3.05) is 11.1 Å². The van der Waals surface area contributed by atoms with E-state index in [0.29, 0.717) is 33.7 Å². The van der Waals surface area contributed by atoms with Crippen LogP contribution < -0.4 is 10.6 Å². The summed E-state index contributed by atoms with van der Waals surface area (Å²) >= 11 is 2.81. The molecular formula is C24H26N6O2S2. The van der Waals surface area contributed by atoms with Crippen molar-refractivity contribution in [1.82, 2.24) is 20.1 Å². The molecule has 3 aromatic rings. The summed E-state index contributed by atoms with van der Waals surface area (Å²) in [5, 5.41) is 25.2. The van der Waals surface area contributed by atoms with Crippen LogP contribution >= 0.6 is 23.1 Å². The van der Waals surface area contributed by atoms with Crippen LogP contribution in [0.25, 0.3) is 0 Å². The normalized spacial score (nSPS) is 13.6. The first-order valence-electron chi connectivity index (χ1n) is 11.3. The van der Waals surface area contributed by atoms with Crippen molar-refractivity contribution in [3.63, 3.8) is 0 Å². The molecule has 0 spiro atoms. The van der Waals surface area contributed by atoms with Crippen LogP contribution in [0.3, 0.4) is 0 Å². The zero-order chi connectivity index (χ0) is 24.1. The molecule has 0 saturated carbocycles. The van der Waals surface area contributed by atoms with Crippen molar-refractivity contribution >= 4 is 39.9 Å². The minimum atomic E-state index is -0.348. The number of thiophene rings is 1. The van der Waals surface area contributed by atoms with E-state index in [2.05, 4.69) is 26.9 Å². The van der Waals surface area contributed by atoms with E-state index in [1.807, 2.05) is 36.6 Å². The molecule has 0 saturated heterocycles. The summed E-state index contributed by atoms with van der Waals surface area (Å²) in [7, 11) is 0. The average molecular weight is 495 g/mol. The Labute approximate surface area is 206 Å². The second-order valence-corrected chi connectivity index (χ2v) is 10.1. The van der Waals surface area contributed by atoms with Gasteiger partial charge in [-0.25, -0.2) is 0 Å². The molecule has 1 aliphatic carbocycles. The number of rotatable bonds is 8. The number of aromatic nitrogens is 3. The lowest BCUT2D eigenvalue weighted by Gasteiger charge is -2.15. The van der Waals surface area contributed by atoms with Crippen LogP contribution in [0, 0.1) is 11.3 Å². The SMILES string of the molecule is CCn1c(SCC(=O)Nc2sc3c(c2C#N)CCCC3)nnc1[C@@H](C)NC(=O)c1ccccc1. The molecule has 4 rings (SSSR count). The highest BCUT2D eigenvalue weighted by atomic mass is 32.2. The van der Waals surface area contributed by atoms with Crippen LogP contribution in [0.2, 0.25) is 0 Å². The third-order valence-electron chi connectivity index (χ3n) is 5.70. The topological polar surface area (TPSA) is 113 Å². The molecule has 2 aromatic heterocycles.